The van der Waals surface area contributed by atoms with Crippen LogP contribution in [0.5, 0.6) is 0 Å². The molecule has 2 heterocycles. The lowest BCUT2D eigenvalue weighted by Crippen LogP contribution is -2.43. The fraction of sp³-hybridized carbons (Fsp3) is 0.600. The maximum Gasteiger partial charge on any atom is 0.0564 e. The van der Waals surface area contributed by atoms with E-state index in [2.05, 4.69) is 36.3 Å². The van der Waals surface area contributed by atoms with Crippen LogP contribution in [0.25, 0.3) is 0 Å². The Kier molecular flexibility index (Phi) is 2.67. The van der Waals surface area contributed by atoms with Gasteiger partial charge in [0.15, 0.2) is 0 Å². The SMILES string of the molecule is Cc1ccc(C2CNCCN2C)s1. The number of likely N-dealkylation sites (N-methyl/N-ethyl adjacent to an activating group) is 1. The predicted octanol–water partition coefficient (Wildman–Crippen LogP) is 1.63. The second-order valence-corrected chi connectivity index (χ2v) is 4.97. The van der Waals surface area contributed by atoms with Gasteiger partial charge in [-0.25, -0.2) is 0 Å². The van der Waals surface area contributed by atoms with Crippen molar-refractivity contribution in [2.75, 3.05) is 26.7 Å². The zero-order chi connectivity index (χ0) is 9.26. The zero-order valence-corrected chi connectivity index (χ0v) is 9.03. The molecule has 0 aromatic carbocycles. The highest BCUT2D eigenvalue weighted by molar-refractivity contribution is 7.12. The van der Waals surface area contributed by atoms with E-state index in [1.165, 1.54) is 9.75 Å². The van der Waals surface area contributed by atoms with Gasteiger partial charge in [-0.3, -0.25) is 4.90 Å². The number of nitrogens with zero attached hydrogens (tertiary/aromatic N) is 1. The van der Waals surface area contributed by atoms with E-state index >= 15 is 0 Å². The van der Waals surface area contributed by atoms with Crippen LogP contribution in [0.1, 0.15) is 15.8 Å². The first-order valence-electron chi connectivity index (χ1n) is 4.74. The highest BCUT2D eigenvalue weighted by Gasteiger charge is 2.21. The molecule has 1 aliphatic rings. The summed E-state index contributed by atoms with van der Waals surface area (Å²) < 4.78 is 0. The molecule has 1 saturated heterocycles. The topological polar surface area (TPSA) is 15.3 Å². The minimum Gasteiger partial charge on any atom is -0.314 e. The Morgan fingerprint density at radius 2 is 2.38 bits per heavy atom. The highest BCUT2D eigenvalue weighted by atomic mass is 32.1. The van der Waals surface area contributed by atoms with Crippen molar-refractivity contribution in [2.24, 2.45) is 0 Å². The molecular formula is C10H16N2S. The largest absolute Gasteiger partial charge is 0.314 e. The summed E-state index contributed by atoms with van der Waals surface area (Å²) in [5, 5.41) is 3.44. The Morgan fingerprint density at radius 3 is 3.00 bits per heavy atom. The van der Waals surface area contributed by atoms with Gasteiger partial charge in [0.05, 0.1) is 6.04 Å². The van der Waals surface area contributed by atoms with Crippen LogP contribution in [0.15, 0.2) is 12.1 Å². The number of piperazine rings is 1. The molecule has 0 radical (unpaired) electrons. The Morgan fingerprint density at radius 1 is 1.54 bits per heavy atom. The molecule has 0 amide bonds. The molecule has 1 aromatic heterocycles. The van der Waals surface area contributed by atoms with Gasteiger partial charge in [-0.1, -0.05) is 0 Å². The summed E-state index contributed by atoms with van der Waals surface area (Å²) in [4.78, 5) is 5.34. The molecule has 0 bridgehead atoms. The molecule has 72 valence electrons. The van der Waals surface area contributed by atoms with Crippen molar-refractivity contribution in [1.29, 1.82) is 0 Å². The molecule has 0 spiro atoms. The molecule has 13 heavy (non-hydrogen) atoms. The number of aryl methyl sites for hydroxylation is 1. The maximum absolute atomic E-state index is 3.44. The Bertz CT molecular complexity index is 282. The summed E-state index contributed by atoms with van der Waals surface area (Å²) in [6.45, 7) is 5.54. The quantitative estimate of drug-likeness (QED) is 0.734. The lowest BCUT2D eigenvalue weighted by atomic mass is 10.2. The van der Waals surface area contributed by atoms with Crippen molar-refractivity contribution in [3.05, 3.63) is 21.9 Å². The molecule has 1 atom stereocenters. The van der Waals surface area contributed by atoms with Crippen molar-refractivity contribution < 1.29 is 0 Å². The molecule has 1 N–H and O–H groups in total. The van der Waals surface area contributed by atoms with Gasteiger partial charge < -0.3 is 5.32 Å². The molecule has 1 aliphatic heterocycles. The summed E-state index contributed by atoms with van der Waals surface area (Å²) in [5.41, 5.74) is 0. The average molecular weight is 196 g/mol. The molecule has 1 aromatic rings. The third kappa shape index (κ3) is 1.93. The second-order valence-electron chi connectivity index (χ2n) is 3.65. The molecule has 2 nitrogen and oxygen atoms in total. The summed E-state index contributed by atoms with van der Waals surface area (Å²) in [5.74, 6) is 0. The Balaban J connectivity index is 2.14. The molecule has 2 rings (SSSR count). The number of hydrogen-bond acceptors (Lipinski definition) is 3. The van der Waals surface area contributed by atoms with E-state index in [4.69, 9.17) is 0 Å². The van der Waals surface area contributed by atoms with Crippen molar-refractivity contribution in [3.63, 3.8) is 0 Å². The van der Waals surface area contributed by atoms with E-state index in [-0.39, 0.29) is 0 Å². The molecule has 1 unspecified atom stereocenters. The van der Waals surface area contributed by atoms with E-state index in [1.54, 1.807) is 0 Å². The third-order valence-corrected chi connectivity index (χ3v) is 3.70. The van der Waals surface area contributed by atoms with Gasteiger partial charge in [-0.15, -0.1) is 11.3 Å². The first kappa shape index (κ1) is 9.19. The zero-order valence-electron chi connectivity index (χ0n) is 8.21. The van der Waals surface area contributed by atoms with Gasteiger partial charge in [0.2, 0.25) is 0 Å². The van der Waals surface area contributed by atoms with Crippen LogP contribution in [0, 0.1) is 6.92 Å². The van der Waals surface area contributed by atoms with Crippen LogP contribution in [0.2, 0.25) is 0 Å². The summed E-state index contributed by atoms with van der Waals surface area (Å²) in [7, 11) is 2.21. The summed E-state index contributed by atoms with van der Waals surface area (Å²) >= 11 is 1.92. The molecule has 3 heteroatoms. The monoisotopic (exact) mass is 196 g/mol. The second kappa shape index (κ2) is 3.78. The van der Waals surface area contributed by atoms with Gasteiger partial charge in [-0.05, 0) is 26.1 Å². The van der Waals surface area contributed by atoms with Gasteiger partial charge >= 0.3 is 0 Å². The Hall–Kier alpha value is -0.380. The number of hydrogen-bond donors (Lipinski definition) is 1. The van der Waals surface area contributed by atoms with Gasteiger partial charge in [0, 0.05) is 29.4 Å². The van der Waals surface area contributed by atoms with Crippen LogP contribution in [0.4, 0.5) is 0 Å². The number of rotatable bonds is 1. The van der Waals surface area contributed by atoms with Gasteiger partial charge in [-0.2, -0.15) is 0 Å². The third-order valence-electron chi connectivity index (χ3n) is 2.60. The predicted molar refractivity (Wildman–Crippen MR) is 57.3 cm³/mol. The highest BCUT2D eigenvalue weighted by Crippen LogP contribution is 2.27. The van der Waals surface area contributed by atoms with Crippen LogP contribution in [-0.4, -0.2) is 31.6 Å². The summed E-state index contributed by atoms with van der Waals surface area (Å²) in [6.07, 6.45) is 0. The molecule has 1 fully saturated rings. The van der Waals surface area contributed by atoms with Crippen LogP contribution in [-0.2, 0) is 0 Å². The number of nitrogens with one attached hydrogen (secondary N) is 1. The van der Waals surface area contributed by atoms with Crippen LogP contribution in [0.3, 0.4) is 0 Å². The van der Waals surface area contributed by atoms with Crippen LogP contribution < -0.4 is 5.32 Å². The first-order chi connectivity index (χ1) is 6.27. The average Bonchev–Trinajstić information content (AvgIpc) is 2.53. The van der Waals surface area contributed by atoms with E-state index in [0.717, 1.165) is 19.6 Å². The van der Waals surface area contributed by atoms with Crippen LogP contribution >= 0.6 is 11.3 Å². The van der Waals surface area contributed by atoms with E-state index in [9.17, 15) is 0 Å². The van der Waals surface area contributed by atoms with Gasteiger partial charge in [0.25, 0.3) is 0 Å². The molecule has 0 aliphatic carbocycles. The smallest absolute Gasteiger partial charge is 0.0564 e. The Labute approximate surface area is 83.6 Å². The fourth-order valence-corrected chi connectivity index (χ4v) is 2.80. The molecular weight excluding hydrogens is 180 g/mol. The minimum absolute atomic E-state index is 0.590. The standard InChI is InChI=1S/C10H16N2S/c1-8-3-4-10(13-8)9-7-11-5-6-12(9)2/h3-4,9,11H,5-7H2,1-2H3. The molecule has 0 saturated carbocycles. The van der Waals surface area contributed by atoms with E-state index < -0.39 is 0 Å². The number of thiophene rings is 1. The van der Waals surface area contributed by atoms with E-state index in [1.807, 2.05) is 11.3 Å². The lowest BCUT2D eigenvalue weighted by Gasteiger charge is -2.32. The lowest BCUT2D eigenvalue weighted by molar-refractivity contribution is 0.205. The van der Waals surface area contributed by atoms with Gasteiger partial charge in [0.1, 0.15) is 0 Å². The van der Waals surface area contributed by atoms with Crippen molar-refractivity contribution >= 4 is 11.3 Å². The normalized spacial score (nSPS) is 24.9. The fourth-order valence-electron chi connectivity index (χ4n) is 1.76. The minimum atomic E-state index is 0.590. The van der Waals surface area contributed by atoms with Crippen molar-refractivity contribution in [1.82, 2.24) is 10.2 Å². The maximum atomic E-state index is 3.44. The first-order valence-corrected chi connectivity index (χ1v) is 5.56. The van der Waals surface area contributed by atoms with Crippen molar-refractivity contribution in [2.45, 2.75) is 13.0 Å². The van der Waals surface area contributed by atoms with Crippen molar-refractivity contribution in [3.8, 4) is 0 Å². The summed E-state index contributed by atoms with van der Waals surface area (Å²) in [6, 6.07) is 5.06. The van der Waals surface area contributed by atoms with E-state index in [0.29, 0.717) is 6.04 Å².